The summed E-state index contributed by atoms with van der Waals surface area (Å²) in [6.45, 7) is 3.38. The molecule has 4 heteroatoms. The molecule has 1 aliphatic heterocycles. The summed E-state index contributed by atoms with van der Waals surface area (Å²) in [4.78, 5) is 13.4. The van der Waals surface area contributed by atoms with Crippen molar-refractivity contribution in [1.82, 2.24) is 0 Å². The highest BCUT2D eigenvalue weighted by Crippen LogP contribution is 2.41. The van der Waals surface area contributed by atoms with E-state index >= 15 is 0 Å². The zero-order valence-electron chi connectivity index (χ0n) is 12.6. The van der Waals surface area contributed by atoms with E-state index in [0.717, 1.165) is 11.3 Å². The zero-order valence-corrected chi connectivity index (χ0v) is 12.6. The van der Waals surface area contributed by atoms with Gasteiger partial charge in [-0.15, -0.1) is 0 Å². The molecule has 0 radical (unpaired) electrons. The van der Waals surface area contributed by atoms with E-state index in [0.29, 0.717) is 12.1 Å². The van der Waals surface area contributed by atoms with Crippen LogP contribution in [-0.4, -0.2) is 11.9 Å². The van der Waals surface area contributed by atoms with Gasteiger partial charge in [0.05, 0.1) is 5.69 Å². The van der Waals surface area contributed by atoms with Gasteiger partial charge in [-0.2, -0.15) is 0 Å². The highest BCUT2D eigenvalue weighted by molar-refractivity contribution is 5.93. The Bertz CT molecular complexity index is 687. The molecule has 3 rings (SSSR count). The summed E-state index contributed by atoms with van der Waals surface area (Å²) in [5.41, 5.74) is 1.06. The van der Waals surface area contributed by atoms with Gasteiger partial charge in [0.15, 0.2) is 0 Å². The van der Waals surface area contributed by atoms with Crippen LogP contribution < -0.4 is 9.64 Å². The number of hydrogen-bond acceptors (Lipinski definition) is 2. The largest absolute Gasteiger partial charge is 0.486 e. The lowest BCUT2D eigenvalue weighted by atomic mass is 9.93. The second kappa shape index (κ2) is 5.79. The summed E-state index contributed by atoms with van der Waals surface area (Å²) in [6.07, 6.45) is 0.365. The second-order valence-corrected chi connectivity index (χ2v) is 5.57. The lowest BCUT2D eigenvalue weighted by Crippen LogP contribution is -2.43. The van der Waals surface area contributed by atoms with Crippen LogP contribution in [0, 0.1) is 5.82 Å². The normalized spacial score (nSPS) is 20.4. The van der Waals surface area contributed by atoms with E-state index in [2.05, 4.69) is 0 Å². The maximum Gasteiger partial charge on any atom is 0.224 e. The SMILES string of the molecule is CC(=O)N1c2c(F)cccc2[C@@H](Oc2ccccc2)C[C@H]1C. The molecule has 2 atom stereocenters. The highest BCUT2D eigenvalue weighted by atomic mass is 19.1. The molecule has 0 N–H and O–H groups in total. The Morgan fingerprint density at radius 1 is 1.18 bits per heavy atom. The fourth-order valence-corrected chi connectivity index (χ4v) is 3.05. The first-order chi connectivity index (χ1) is 10.6. The smallest absolute Gasteiger partial charge is 0.224 e. The monoisotopic (exact) mass is 299 g/mol. The molecule has 22 heavy (non-hydrogen) atoms. The van der Waals surface area contributed by atoms with Crippen molar-refractivity contribution in [1.29, 1.82) is 0 Å². The predicted octanol–water partition coefficient (Wildman–Crippen LogP) is 4.09. The maximum absolute atomic E-state index is 14.3. The number of carbonyl (C=O) groups is 1. The Kier molecular flexibility index (Phi) is 3.84. The van der Waals surface area contributed by atoms with Crippen LogP contribution in [0.4, 0.5) is 10.1 Å². The van der Waals surface area contributed by atoms with E-state index in [9.17, 15) is 9.18 Å². The Hall–Kier alpha value is -2.36. The molecule has 3 nitrogen and oxygen atoms in total. The van der Waals surface area contributed by atoms with E-state index < -0.39 is 0 Å². The van der Waals surface area contributed by atoms with Crippen molar-refractivity contribution in [2.75, 3.05) is 4.90 Å². The molecule has 2 aromatic carbocycles. The Balaban J connectivity index is 2.02. The number of ether oxygens (including phenoxy) is 1. The first-order valence-corrected chi connectivity index (χ1v) is 7.38. The average Bonchev–Trinajstić information content (AvgIpc) is 2.49. The van der Waals surface area contributed by atoms with Gasteiger partial charge in [0.2, 0.25) is 5.91 Å². The van der Waals surface area contributed by atoms with Crippen molar-refractivity contribution in [3.63, 3.8) is 0 Å². The summed E-state index contributed by atoms with van der Waals surface area (Å²) in [5, 5.41) is 0. The molecule has 0 unspecified atom stereocenters. The van der Waals surface area contributed by atoms with Gasteiger partial charge in [-0.1, -0.05) is 30.3 Å². The lowest BCUT2D eigenvalue weighted by molar-refractivity contribution is -0.117. The Morgan fingerprint density at radius 2 is 1.91 bits per heavy atom. The van der Waals surface area contributed by atoms with Gasteiger partial charge >= 0.3 is 0 Å². The molecule has 114 valence electrons. The predicted molar refractivity (Wildman–Crippen MR) is 83.5 cm³/mol. The fourth-order valence-electron chi connectivity index (χ4n) is 3.05. The molecule has 1 amide bonds. The minimum Gasteiger partial charge on any atom is -0.486 e. The van der Waals surface area contributed by atoms with Gasteiger partial charge in [-0.05, 0) is 25.1 Å². The number of benzene rings is 2. The van der Waals surface area contributed by atoms with Gasteiger partial charge in [0, 0.05) is 24.9 Å². The van der Waals surface area contributed by atoms with Crippen molar-refractivity contribution in [2.24, 2.45) is 0 Å². The van der Waals surface area contributed by atoms with Crippen LogP contribution in [0.25, 0.3) is 0 Å². The van der Waals surface area contributed by atoms with Gasteiger partial charge in [-0.25, -0.2) is 4.39 Å². The van der Waals surface area contributed by atoms with Crippen molar-refractivity contribution >= 4 is 11.6 Å². The minimum atomic E-state index is -0.388. The Morgan fingerprint density at radius 3 is 2.59 bits per heavy atom. The molecule has 0 spiro atoms. The fraction of sp³-hybridized carbons (Fsp3) is 0.278. The minimum absolute atomic E-state index is 0.115. The van der Waals surface area contributed by atoms with Crippen LogP contribution in [0.2, 0.25) is 0 Å². The van der Waals surface area contributed by atoms with Crippen LogP contribution in [-0.2, 0) is 4.79 Å². The van der Waals surface area contributed by atoms with Crippen molar-refractivity contribution < 1.29 is 13.9 Å². The van der Waals surface area contributed by atoms with Gasteiger partial charge < -0.3 is 9.64 Å². The van der Waals surface area contributed by atoms with E-state index in [4.69, 9.17) is 4.74 Å². The number of hydrogen-bond donors (Lipinski definition) is 0. The third-order valence-electron chi connectivity index (χ3n) is 3.96. The maximum atomic E-state index is 14.3. The quantitative estimate of drug-likeness (QED) is 0.836. The summed E-state index contributed by atoms with van der Waals surface area (Å²) < 4.78 is 20.3. The summed E-state index contributed by atoms with van der Waals surface area (Å²) in [6, 6.07) is 14.2. The highest BCUT2D eigenvalue weighted by Gasteiger charge is 2.35. The average molecular weight is 299 g/mol. The number of carbonyl (C=O) groups excluding carboxylic acids is 1. The third-order valence-corrected chi connectivity index (χ3v) is 3.96. The number of anilines is 1. The Labute approximate surface area is 129 Å². The molecular formula is C18H18FNO2. The lowest BCUT2D eigenvalue weighted by Gasteiger charge is -2.38. The zero-order chi connectivity index (χ0) is 15.7. The van der Waals surface area contributed by atoms with Gasteiger partial charge in [0.25, 0.3) is 0 Å². The number of rotatable bonds is 2. The molecule has 0 saturated carbocycles. The third kappa shape index (κ3) is 2.56. The van der Waals surface area contributed by atoms with Crippen LogP contribution in [0.5, 0.6) is 5.75 Å². The molecule has 1 aliphatic rings. The van der Waals surface area contributed by atoms with Crippen LogP contribution in [0.15, 0.2) is 48.5 Å². The summed E-state index contributed by atoms with van der Waals surface area (Å²) >= 11 is 0. The van der Waals surface area contributed by atoms with E-state index in [1.165, 1.54) is 17.9 Å². The number of fused-ring (bicyclic) bond motifs is 1. The molecule has 2 aromatic rings. The van der Waals surface area contributed by atoms with E-state index in [1.807, 2.05) is 43.3 Å². The molecule has 1 heterocycles. The molecule has 0 bridgehead atoms. The topological polar surface area (TPSA) is 29.5 Å². The van der Waals surface area contributed by atoms with Crippen LogP contribution in [0.1, 0.15) is 31.9 Å². The molecule has 0 saturated heterocycles. The van der Waals surface area contributed by atoms with E-state index in [-0.39, 0.29) is 23.9 Å². The number of amides is 1. The molecule has 0 fully saturated rings. The van der Waals surface area contributed by atoms with Gasteiger partial charge in [0.1, 0.15) is 17.7 Å². The molecule has 0 aliphatic carbocycles. The van der Waals surface area contributed by atoms with E-state index in [1.54, 1.807) is 6.07 Å². The van der Waals surface area contributed by atoms with Crippen LogP contribution >= 0.6 is 0 Å². The molecule has 0 aromatic heterocycles. The molecular weight excluding hydrogens is 281 g/mol. The van der Waals surface area contributed by atoms with Gasteiger partial charge in [-0.3, -0.25) is 4.79 Å². The number of para-hydroxylation sites is 2. The first-order valence-electron chi connectivity index (χ1n) is 7.38. The number of halogens is 1. The van der Waals surface area contributed by atoms with Crippen molar-refractivity contribution in [3.8, 4) is 5.75 Å². The summed E-state index contributed by atoms with van der Waals surface area (Å²) in [5.74, 6) is 0.198. The standard InChI is InChI=1S/C18H18FNO2/c1-12-11-17(22-14-7-4-3-5-8-14)15-9-6-10-16(19)18(15)20(12)13(2)21/h3-10,12,17H,11H2,1-2H3/t12-,17+/m1/s1. The van der Waals surface area contributed by atoms with Crippen molar-refractivity contribution in [3.05, 3.63) is 59.9 Å². The van der Waals surface area contributed by atoms with Crippen molar-refractivity contribution in [2.45, 2.75) is 32.4 Å². The summed E-state index contributed by atoms with van der Waals surface area (Å²) in [7, 11) is 0. The van der Waals surface area contributed by atoms with Crippen LogP contribution in [0.3, 0.4) is 0 Å². The first kappa shape index (κ1) is 14.6. The second-order valence-electron chi connectivity index (χ2n) is 5.57. The number of nitrogens with zero attached hydrogens (tertiary/aromatic N) is 1.